The number of nitrogens with zero attached hydrogens (tertiary/aromatic N) is 3. The Balaban J connectivity index is 1.70. The Morgan fingerprint density at radius 2 is 1.90 bits per heavy atom. The number of aryl methyl sites for hydroxylation is 1. The highest BCUT2D eigenvalue weighted by Gasteiger charge is 2.14. The van der Waals surface area contributed by atoms with E-state index >= 15 is 0 Å². The molecule has 0 radical (unpaired) electrons. The second-order valence-electron chi connectivity index (χ2n) is 7.05. The number of imidazole rings is 1. The lowest BCUT2D eigenvalue weighted by atomic mass is 10.1. The number of anilines is 1. The maximum Gasteiger partial charge on any atom is 0.387 e. The van der Waals surface area contributed by atoms with Crippen LogP contribution in [-0.2, 0) is 11.3 Å². The summed E-state index contributed by atoms with van der Waals surface area (Å²) in [7, 11) is 0. The van der Waals surface area contributed by atoms with E-state index in [4.69, 9.17) is 0 Å². The topological polar surface area (TPSA) is 69.0 Å². The minimum absolute atomic E-state index is 0.146. The monoisotopic (exact) mass is 422 g/mol. The van der Waals surface area contributed by atoms with Crippen molar-refractivity contribution in [2.24, 2.45) is 0 Å². The van der Waals surface area contributed by atoms with Crippen LogP contribution < -0.4 is 10.1 Å². The Labute approximate surface area is 177 Å². The molecule has 0 saturated heterocycles. The summed E-state index contributed by atoms with van der Waals surface area (Å²) in [5.74, 6) is 1.21. The van der Waals surface area contributed by atoms with Crippen LogP contribution in [0.15, 0.2) is 60.8 Å². The lowest BCUT2D eigenvalue weighted by molar-refractivity contribution is -0.114. The maximum absolute atomic E-state index is 12.8. The predicted octanol–water partition coefficient (Wildman–Crippen LogP) is 5.01. The molecule has 2 aromatic carbocycles. The number of alkyl halides is 2. The van der Waals surface area contributed by atoms with Crippen molar-refractivity contribution in [3.8, 4) is 16.9 Å². The molecule has 2 heterocycles. The molecule has 31 heavy (non-hydrogen) atoms. The zero-order valence-corrected chi connectivity index (χ0v) is 17.0. The van der Waals surface area contributed by atoms with Crippen LogP contribution in [0.5, 0.6) is 5.75 Å². The molecule has 0 aliphatic heterocycles. The molecule has 8 heteroatoms. The van der Waals surface area contributed by atoms with Gasteiger partial charge in [0.05, 0.1) is 17.6 Å². The lowest BCUT2D eigenvalue weighted by Crippen LogP contribution is -2.08. The Hall–Kier alpha value is -3.81. The molecule has 0 saturated carbocycles. The molecule has 0 atom stereocenters. The second-order valence-corrected chi connectivity index (χ2v) is 7.05. The number of aromatic nitrogens is 3. The molecule has 6 nitrogen and oxygen atoms in total. The number of ether oxygens (including phenoxy) is 1. The van der Waals surface area contributed by atoms with Gasteiger partial charge in [-0.15, -0.1) is 0 Å². The van der Waals surface area contributed by atoms with Crippen molar-refractivity contribution in [2.75, 3.05) is 5.32 Å². The summed E-state index contributed by atoms with van der Waals surface area (Å²) in [4.78, 5) is 20.0. The van der Waals surface area contributed by atoms with E-state index in [-0.39, 0.29) is 11.7 Å². The van der Waals surface area contributed by atoms with Crippen LogP contribution in [-0.4, -0.2) is 27.1 Å². The van der Waals surface area contributed by atoms with Crippen LogP contribution in [0.25, 0.3) is 22.2 Å². The fourth-order valence-electron chi connectivity index (χ4n) is 3.46. The zero-order valence-electron chi connectivity index (χ0n) is 17.0. The number of hydrogen-bond donors (Lipinski definition) is 1. The Morgan fingerprint density at radius 1 is 1.13 bits per heavy atom. The predicted molar refractivity (Wildman–Crippen MR) is 114 cm³/mol. The average molecular weight is 422 g/mol. The number of carbonyl (C=O) groups is 1. The number of nitrogens with one attached hydrogen (secondary N) is 1. The average Bonchev–Trinajstić information content (AvgIpc) is 3.04. The molecule has 0 spiro atoms. The van der Waals surface area contributed by atoms with E-state index in [2.05, 4.69) is 20.0 Å². The minimum atomic E-state index is -2.89. The standard InChI is InChI=1S/C23H20F2N4O2/c1-14-27-19-9-7-16(17-8-10-22(26-12-17)28-15(2)30)11-20(19)29(14)13-18-5-3-4-6-21(18)31-23(24)25/h3-12,23H,13H2,1-2H3,(H,26,28,30). The van der Waals surface area contributed by atoms with Gasteiger partial charge >= 0.3 is 6.61 Å². The van der Waals surface area contributed by atoms with E-state index in [1.165, 1.54) is 13.0 Å². The highest BCUT2D eigenvalue weighted by molar-refractivity contribution is 5.88. The third-order valence-electron chi connectivity index (χ3n) is 4.86. The molecule has 4 aromatic rings. The third-order valence-corrected chi connectivity index (χ3v) is 4.86. The Kier molecular flexibility index (Phi) is 5.62. The van der Waals surface area contributed by atoms with Gasteiger partial charge in [-0.2, -0.15) is 8.78 Å². The number of rotatable bonds is 6. The quantitative estimate of drug-likeness (QED) is 0.474. The maximum atomic E-state index is 12.8. The van der Waals surface area contributed by atoms with Crippen molar-refractivity contribution in [2.45, 2.75) is 27.0 Å². The lowest BCUT2D eigenvalue weighted by Gasteiger charge is -2.13. The normalized spacial score (nSPS) is 11.1. The minimum Gasteiger partial charge on any atom is -0.434 e. The smallest absolute Gasteiger partial charge is 0.387 e. The number of carbonyl (C=O) groups excluding carboxylic acids is 1. The van der Waals surface area contributed by atoms with E-state index < -0.39 is 6.61 Å². The van der Waals surface area contributed by atoms with Crippen LogP contribution in [0.1, 0.15) is 18.3 Å². The van der Waals surface area contributed by atoms with Gasteiger partial charge in [0.2, 0.25) is 5.91 Å². The fourth-order valence-corrected chi connectivity index (χ4v) is 3.46. The van der Waals surface area contributed by atoms with Crippen molar-refractivity contribution in [3.63, 3.8) is 0 Å². The van der Waals surface area contributed by atoms with Crippen LogP contribution in [0.3, 0.4) is 0 Å². The molecule has 0 bridgehead atoms. The van der Waals surface area contributed by atoms with Gasteiger partial charge < -0.3 is 14.6 Å². The van der Waals surface area contributed by atoms with E-state index in [0.29, 0.717) is 17.9 Å². The number of amides is 1. The summed E-state index contributed by atoms with van der Waals surface area (Å²) in [6.45, 7) is 0.757. The first-order valence-electron chi connectivity index (χ1n) is 9.64. The second kappa shape index (κ2) is 8.51. The van der Waals surface area contributed by atoms with Crippen molar-refractivity contribution >= 4 is 22.8 Å². The van der Waals surface area contributed by atoms with E-state index in [0.717, 1.165) is 28.0 Å². The first-order chi connectivity index (χ1) is 14.9. The first kappa shape index (κ1) is 20.5. The Bertz CT molecular complexity index is 1240. The largest absolute Gasteiger partial charge is 0.434 e. The van der Waals surface area contributed by atoms with Gasteiger partial charge in [-0.25, -0.2) is 9.97 Å². The van der Waals surface area contributed by atoms with Crippen molar-refractivity contribution in [1.29, 1.82) is 0 Å². The van der Waals surface area contributed by atoms with Gasteiger partial charge in [-0.1, -0.05) is 24.3 Å². The summed E-state index contributed by atoms with van der Waals surface area (Å²) in [6.07, 6.45) is 1.69. The summed E-state index contributed by atoms with van der Waals surface area (Å²) >= 11 is 0. The highest BCUT2D eigenvalue weighted by Crippen LogP contribution is 2.28. The van der Waals surface area contributed by atoms with Gasteiger partial charge in [-0.3, -0.25) is 4.79 Å². The van der Waals surface area contributed by atoms with Gasteiger partial charge in [0, 0.05) is 24.2 Å². The van der Waals surface area contributed by atoms with Crippen LogP contribution in [0.2, 0.25) is 0 Å². The number of hydrogen-bond acceptors (Lipinski definition) is 4. The molecule has 4 rings (SSSR count). The van der Waals surface area contributed by atoms with E-state index in [9.17, 15) is 13.6 Å². The van der Waals surface area contributed by atoms with E-state index in [1.807, 2.05) is 35.8 Å². The Morgan fingerprint density at radius 3 is 2.61 bits per heavy atom. The van der Waals surface area contributed by atoms with Crippen LogP contribution in [0, 0.1) is 6.92 Å². The van der Waals surface area contributed by atoms with Crippen LogP contribution >= 0.6 is 0 Å². The highest BCUT2D eigenvalue weighted by atomic mass is 19.3. The zero-order chi connectivity index (χ0) is 22.0. The molecular formula is C23H20F2N4O2. The van der Waals surface area contributed by atoms with Crippen molar-refractivity contribution in [3.05, 3.63) is 72.2 Å². The number of benzene rings is 2. The number of pyridine rings is 1. The van der Waals surface area contributed by atoms with Gasteiger partial charge in [0.1, 0.15) is 17.4 Å². The molecule has 1 N–H and O–H groups in total. The molecule has 0 unspecified atom stereocenters. The SMILES string of the molecule is CC(=O)Nc1ccc(-c2ccc3nc(C)n(Cc4ccccc4OC(F)F)c3c2)cn1. The fraction of sp³-hybridized carbons (Fsp3) is 0.174. The molecule has 158 valence electrons. The van der Waals surface area contributed by atoms with Gasteiger partial charge in [-0.05, 0) is 42.8 Å². The summed E-state index contributed by atoms with van der Waals surface area (Å²) in [5.41, 5.74) is 4.11. The van der Waals surface area contributed by atoms with Gasteiger partial charge in [0.15, 0.2) is 0 Å². The van der Waals surface area contributed by atoms with Crippen LogP contribution in [0.4, 0.5) is 14.6 Å². The number of para-hydroxylation sites is 1. The molecule has 0 fully saturated rings. The van der Waals surface area contributed by atoms with Crippen molar-refractivity contribution < 1.29 is 18.3 Å². The summed E-state index contributed by atoms with van der Waals surface area (Å²) in [6, 6.07) is 16.2. The third kappa shape index (κ3) is 4.53. The molecule has 2 aromatic heterocycles. The van der Waals surface area contributed by atoms with E-state index in [1.54, 1.807) is 30.5 Å². The molecule has 0 aliphatic carbocycles. The number of fused-ring (bicyclic) bond motifs is 1. The summed E-state index contributed by atoms with van der Waals surface area (Å²) < 4.78 is 32.2. The number of halogens is 2. The molecular weight excluding hydrogens is 402 g/mol. The molecule has 1 amide bonds. The van der Waals surface area contributed by atoms with Gasteiger partial charge in [0.25, 0.3) is 0 Å². The summed E-state index contributed by atoms with van der Waals surface area (Å²) in [5, 5.41) is 2.64. The first-order valence-corrected chi connectivity index (χ1v) is 9.64. The van der Waals surface area contributed by atoms with Crippen molar-refractivity contribution in [1.82, 2.24) is 14.5 Å². The molecule has 0 aliphatic rings.